The highest BCUT2D eigenvalue weighted by Gasteiger charge is 2.17. The van der Waals surface area contributed by atoms with E-state index >= 15 is 0 Å². The number of nitrogens with zero attached hydrogens (tertiary/aromatic N) is 4. The van der Waals surface area contributed by atoms with Crippen molar-refractivity contribution in [2.45, 2.75) is 13.8 Å². The van der Waals surface area contributed by atoms with Crippen LogP contribution in [0.3, 0.4) is 0 Å². The Labute approximate surface area is 139 Å². The fourth-order valence-corrected chi connectivity index (χ4v) is 2.79. The van der Waals surface area contributed by atoms with Crippen LogP contribution in [-0.2, 0) is 0 Å². The number of aromatic nitrogens is 4. The highest BCUT2D eigenvalue weighted by molar-refractivity contribution is 7.17. The van der Waals surface area contributed by atoms with Gasteiger partial charge in [-0.05, 0) is 26.0 Å². The summed E-state index contributed by atoms with van der Waals surface area (Å²) in [4.78, 5) is 23.9. The molecule has 0 fully saturated rings. The van der Waals surface area contributed by atoms with Crippen molar-refractivity contribution in [2.24, 2.45) is 0 Å². The Balaban J connectivity index is 1.82. The Morgan fingerprint density at radius 1 is 1.38 bits per heavy atom. The predicted octanol–water partition coefficient (Wildman–Crippen LogP) is 1.55. The fourth-order valence-electron chi connectivity index (χ4n) is 2.04. The molecular formula is C14H13N5O4S. The Hall–Kier alpha value is -3.01. The molecule has 10 heteroatoms. The van der Waals surface area contributed by atoms with Gasteiger partial charge in [-0.1, -0.05) is 11.3 Å². The summed E-state index contributed by atoms with van der Waals surface area (Å²) >= 11 is 1.15. The number of anilines is 1. The molecule has 0 aliphatic heterocycles. The molecule has 0 saturated heterocycles. The molecule has 0 aliphatic carbocycles. The van der Waals surface area contributed by atoms with Gasteiger partial charge in [0.25, 0.3) is 5.91 Å². The van der Waals surface area contributed by atoms with Gasteiger partial charge in [0.2, 0.25) is 16.0 Å². The van der Waals surface area contributed by atoms with E-state index in [1.165, 1.54) is 13.2 Å². The lowest BCUT2D eigenvalue weighted by Crippen LogP contribution is -2.16. The molecule has 1 amide bonds. The van der Waals surface area contributed by atoms with Gasteiger partial charge < -0.3 is 9.15 Å². The molecule has 1 N–H and O–H groups in total. The van der Waals surface area contributed by atoms with E-state index in [2.05, 4.69) is 20.6 Å². The van der Waals surface area contributed by atoms with E-state index in [0.29, 0.717) is 10.7 Å². The molecule has 0 atom stereocenters. The van der Waals surface area contributed by atoms with E-state index in [4.69, 9.17) is 9.15 Å². The molecule has 0 bridgehead atoms. The first kappa shape index (κ1) is 15.9. The average molecular weight is 347 g/mol. The molecule has 0 saturated carbocycles. The molecule has 3 aromatic rings. The van der Waals surface area contributed by atoms with Crippen LogP contribution in [0, 0.1) is 13.8 Å². The van der Waals surface area contributed by atoms with Crippen LogP contribution in [0.5, 0.6) is 5.75 Å². The minimum atomic E-state index is -0.715. The third kappa shape index (κ3) is 2.91. The predicted molar refractivity (Wildman–Crippen MR) is 86.0 cm³/mol. The molecular weight excluding hydrogens is 334 g/mol. The second kappa shape index (κ2) is 6.24. The minimum Gasteiger partial charge on any atom is -0.490 e. The molecule has 124 valence electrons. The number of ether oxygens (including phenoxy) is 1. The minimum absolute atomic E-state index is 0.0684. The van der Waals surface area contributed by atoms with Gasteiger partial charge in [0.15, 0.2) is 5.76 Å². The Morgan fingerprint density at radius 3 is 2.79 bits per heavy atom. The van der Waals surface area contributed by atoms with Crippen molar-refractivity contribution in [3.8, 4) is 10.9 Å². The molecule has 24 heavy (non-hydrogen) atoms. The van der Waals surface area contributed by atoms with Crippen LogP contribution in [0.25, 0.3) is 5.13 Å². The van der Waals surface area contributed by atoms with Gasteiger partial charge in [-0.3, -0.25) is 10.1 Å². The zero-order valence-corrected chi connectivity index (χ0v) is 13.9. The molecule has 3 aromatic heterocycles. The highest BCUT2D eigenvalue weighted by atomic mass is 32.1. The van der Waals surface area contributed by atoms with Gasteiger partial charge in [0.05, 0.1) is 7.11 Å². The summed E-state index contributed by atoms with van der Waals surface area (Å²) in [6.07, 6.45) is 1.64. The number of amides is 1. The molecule has 0 radical (unpaired) electrons. The van der Waals surface area contributed by atoms with Crippen molar-refractivity contribution < 1.29 is 13.9 Å². The number of carbonyl (C=O) groups is 1. The normalized spacial score (nSPS) is 10.6. The van der Waals surface area contributed by atoms with Crippen molar-refractivity contribution in [1.82, 2.24) is 20.0 Å². The van der Waals surface area contributed by atoms with Crippen molar-refractivity contribution in [1.29, 1.82) is 0 Å². The molecule has 0 unspecified atom stereocenters. The average Bonchev–Trinajstić information content (AvgIpc) is 3.15. The maximum Gasteiger partial charge on any atom is 0.379 e. The fraction of sp³-hybridized carbons (Fsp3) is 0.214. The van der Waals surface area contributed by atoms with Crippen molar-refractivity contribution in [2.75, 3.05) is 12.4 Å². The van der Waals surface area contributed by atoms with Crippen LogP contribution in [0.2, 0.25) is 0 Å². The summed E-state index contributed by atoms with van der Waals surface area (Å²) in [5.41, 5.74) is 0.678. The first-order valence-corrected chi connectivity index (χ1v) is 7.66. The van der Waals surface area contributed by atoms with Crippen LogP contribution >= 0.6 is 11.3 Å². The van der Waals surface area contributed by atoms with E-state index in [1.54, 1.807) is 17.8 Å². The lowest BCUT2D eigenvalue weighted by molar-refractivity contribution is 0.0991. The number of aryl methyl sites for hydroxylation is 2. The zero-order chi connectivity index (χ0) is 17.3. The van der Waals surface area contributed by atoms with Crippen LogP contribution < -0.4 is 15.7 Å². The van der Waals surface area contributed by atoms with Gasteiger partial charge in [0.1, 0.15) is 0 Å². The van der Waals surface area contributed by atoms with Gasteiger partial charge in [-0.15, -0.1) is 10.2 Å². The summed E-state index contributed by atoms with van der Waals surface area (Å²) in [5, 5.41) is 15.3. The monoisotopic (exact) mass is 347 g/mol. The zero-order valence-electron chi connectivity index (χ0n) is 13.1. The number of carbonyl (C=O) groups excluding carboxylic acids is 1. The maximum atomic E-state index is 12.2. The largest absolute Gasteiger partial charge is 0.490 e. The van der Waals surface area contributed by atoms with Crippen LogP contribution in [-0.4, -0.2) is 33.0 Å². The van der Waals surface area contributed by atoms with Crippen LogP contribution in [0.15, 0.2) is 27.5 Å². The van der Waals surface area contributed by atoms with E-state index in [0.717, 1.165) is 17.0 Å². The first-order valence-electron chi connectivity index (χ1n) is 6.84. The first-order chi connectivity index (χ1) is 11.5. The molecule has 3 rings (SSSR count). The molecule has 9 nitrogen and oxygen atoms in total. The highest BCUT2D eigenvalue weighted by Crippen LogP contribution is 2.21. The molecule has 0 aliphatic rings. The van der Waals surface area contributed by atoms with Gasteiger partial charge in [-0.25, -0.2) is 9.48 Å². The maximum absolute atomic E-state index is 12.2. The lowest BCUT2D eigenvalue weighted by Gasteiger charge is -2.04. The quantitative estimate of drug-likeness (QED) is 0.762. The lowest BCUT2D eigenvalue weighted by atomic mass is 10.2. The summed E-state index contributed by atoms with van der Waals surface area (Å²) in [6.45, 7) is 3.53. The Bertz CT molecular complexity index is 958. The second-order valence-corrected chi connectivity index (χ2v) is 5.80. The Morgan fingerprint density at radius 2 is 2.17 bits per heavy atom. The topological polar surface area (TPSA) is 112 Å². The van der Waals surface area contributed by atoms with Gasteiger partial charge >= 0.3 is 5.63 Å². The van der Waals surface area contributed by atoms with Crippen molar-refractivity contribution >= 4 is 22.4 Å². The van der Waals surface area contributed by atoms with Crippen molar-refractivity contribution in [3.05, 3.63) is 45.8 Å². The number of nitrogens with one attached hydrogen (secondary N) is 1. The summed E-state index contributed by atoms with van der Waals surface area (Å²) in [6, 6.07) is 3.25. The van der Waals surface area contributed by atoms with Gasteiger partial charge in [0, 0.05) is 17.5 Å². The summed E-state index contributed by atoms with van der Waals surface area (Å²) in [7, 11) is 1.36. The Kier molecular flexibility index (Phi) is 4.13. The molecule has 0 aromatic carbocycles. The standard InChI is InChI=1S/C14H13N5O4S/c1-7-6-9(23-12(21)10(7)22-3)11(20)16-13-17-18-14(24-13)19-8(2)4-5-15-19/h4-6H,1-3H3,(H,16,17,20). The molecule has 0 spiro atoms. The van der Waals surface area contributed by atoms with E-state index in [1.807, 2.05) is 13.0 Å². The van der Waals surface area contributed by atoms with E-state index < -0.39 is 11.5 Å². The number of rotatable bonds is 4. The van der Waals surface area contributed by atoms with Crippen LogP contribution in [0.1, 0.15) is 21.8 Å². The SMILES string of the molecule is COc1c(C)cc(C(=O)Nc2nnc(-n3nccc3C)s2)oc1=O. The van der Waals surface area contributed by atoms with Crippen molar-refractivity contribution in [3.63, 3.8) is 0 Å². The summed E-state index contributed by atoms with van der Waals surface area (Å²) in [5.74, 6) is -0.665. The molecule has 3 heterocycles. The third-order valence-corrected chi connectivity index (χ3v) is 3.98. The van der Waals surface area contributed by atoms with Gasteiger partial charge in [-0.2, -0.15) is 5.10 Å². The van der Waals surface area contributed by atoms with E-state index in [-0.39, 0.29) is 16.6 Å². The summed E-state index contributed by atoms with van der Waals surface area (Å²) < 4.78 is 11.5. The smallest absolute Gasteiger partial charge is 0.379 e. The third-order valence-electron chi connectivity index (χ3n) is 3.17. The van der Waals surface area contributed by atoms with Crippen LogP contribution in [0.4, 0.5) is 5.13 Å². The second-order valence-electron chi connectivity index (χ2n) is 4.84. The number of methoxy groups -OCH3 is 1. The number of hydrogen-bond acceptors (Lipinski definition) is 8. The number of hydrogen-bond donors (Lipinski definition) is 1. The van der Waals surface area contributed by atoms with E-state index in [9.17, 15) is 9.59 Å².